The third-order valence-electron chi connectivity index (χ3n) is 24.8. The van der Waals surface area contributed by atoms with E-state index in [1.165, 1.54) is 25.0 Å². The topological polar surface area (TPSA) is 378 Å². The number of carbonyl (C=O) groups is 7. The molecule has 2 amide bonds. The number of amides is 2. The van der Waals surface area contributed by atoms with Crippen molar-refractivity contribution in [3.8, 4) is 16.9 Å². The summed E-state index contributed by atoms with van der Waals surface area (Å²) >= 11 is 0. The smallest absolute Gasteiger partial charge is 0.329 e. The fraction of sp³-hybridized carbons (Fsp3) is 0.677. The molecule has 5 aliphatic rings. The number of ether oxygens (including phenoxy) is 15. The van der Waals surface area contributed by atoms with Gasteiger partial charge in [-0.3, -0.25) is 28.8 Å². The summed E-state index contributed by atoms with van der Waals surface area (Å²) in [5.74, 6) is -7.72. The van der Waals surface area contributed by atoms with Gasteiger partial charge < -0.3 is 96.8 Å². The highest BCUT2D eigenvalue weighted by atomic mass is 32.2. The Morgan fingerprint density at radius 2 is 1.33 bits per heavy atom. The molecular weight excluding hydrogens is 1710 g/mol. The quantitative estimate of drug-likeness (QED) is 0.0205. The van der Waals surface area contributed by atoms with Crippen LogP contribution in [0, 0.1) is 48.2 Å². The number of cyclic esters (lactones) is 1. The minimum absolute atomic E-state index is 0.0183. The Morgan fingerprint density at radius 1 is 0.672 bits per heavy atom. The Balaban J connectivity index is 0.000000400. The predicted octanol–water partition coefficient (Wildman–Crippen LogP) is 12.8. The maximum atomic E-state index is 15.6. The van der Waals surface area contributed by atoms with Gasteiger partial charge in [-0.1, -0.05) is 77.1 Å². The van der Waals surface area contributed by atoms with Gasteiger partial charge >= 0.3 is 11.9 Å². The van der Waals surface area contributed by atoms with Crippen molar-refractivity contribution in [2.75, 3.05) is 158 Å². The van der Waals surface area contributed by atoms with E-state index in [1.54, 1.807) is 45.2 Å². The Kier molecular flexibility index (Phi) is 49.4. The first-order chi connectivity index (χ1) is 62.9. The molecule has 5 heterocycles. The van der Waals surface area contributed by atoms with Crippen LogP contribution in [0.3, 0.4) is 0 Å². The summed E-state index contributed by atoms with van der Waals surface area (Å²) in [5, 5.41) is 23.7. The lowest BCUT2D eigenvalue weighted by Crippen LogP contribution is -2.61. The van der Waals surface area contributed by atoms with Gasteiger partial charge in [0.25, 0.3) is 17.6 Å². The molecule has 4 N–H and O–H groups in total. The number of hydrogen-bond donors (Lipinski definition) is 3. The maximum Gasteiger partial charge on any atom is 0.329 e. The van der Waals surface area contributed by atoms with Gasteiger partial charge in [-0.15, -0.1) is 0 Å². The number of methoxy groups -OCH3 is 3. The van der Waals surface area contributed by atoms with E-state index in [0.717, 1.165) is 34.8 Å². The number of aliphatic hydroxyl groups is 2. The number of piperidine rings is 1. The maximum absolute atomic E-state index is 15.6. The van der Waals surface area contributed by atoms with Crippen LogP contribution in [-0.4, -0.2) is 282 Å². The number of aromatic nitrogens is 1. The van der Waals surface area contributed by atoms with Crippen molar-refractivity contribution in [3.05, 3.63) is 119 Å². The number of sulfone groups is 1. The van der Waals surface area contributed by atoms with Crippen molar-refractivity contribution >= 4 is 56.8 Å². The fourth-order valence-electron chi connectivity index (χ4n) is 17.1. The molecule has 0 unspecified atom stereocenters. The summed E-state index contributed by atoms with van der Waals surface area (Å²) in [6.45, 7) is 26.9. The molecule has 2 saturated heterocycles. The van der Waals surface area contributed by atoms with Crippen LogP contribution in [-0.2, 0) is 111 Å². The lowest BCUT2D eigenvalue weighted by Gasteiger charge is -2.42. The SMILES string of the molecule is CCOCCOCCOCCOCCC(=O)CCCS(=O)(=O)c1ccc(C(=O)N2CCOc3ccc(-c4ccc(N)nc4)cc3C2)c(C)c1F.CCOCCOCCOCCOCCCC(=O)O[C@@H]1CC[C@@H](C[C@@H](C)[C@@H]2CC[C@H](C)/C=C(\C)[C@@H](O)[C@@H](OC)C(=O)[C@H](C)C[C@H](C)/C=C/C=C/C=C(\C)[C@@H](OC)C[C@@H]3CC[C@@H](C)[C@@](O)(O3)C(=O)C(=O)N3CCCC[C@H]3C(=O)O2)C[C@H]1OC. The van der Waals surface area contributed by atoms with Gasteiger partial charge in [-0.2, -0.15) is 0 Å². The Bertz CT molecular complexity index is 4260. The molecule has 32 heteroatoms. The van der Waals surface area contributed by atoms with Crippen molar-refractivity contribution in [3.63, 3.8) is 0 Å². The van der Waals surface area contributed by atoms with Crippen molar-refractivity contribution in [2.24, 2.45) is 35.5 Å². The number of halogens is 1. The van der Waals surface area contributed by atoms with Gasteiger partial charge in [0.15, 0.2) is 15.6 Å². The van der Waals surface area contributed by atoms with Gasteiger partial charge in [-0.25, -0.2) is 22.6 Å². The lowest BCUT2D eigenvalue weighted by atomic mass is 9.78. The highest BCUT2D eigenvalue weighted by Crippen LogP contribution is 2.40. The number of nitrogens with two attached hydrogens (primary N) is 1. The number of benzene rings is 2. The van der Waals surface area contributed by atoms with Gasteiger partial charge in [0.1, 0.15) is 65.1 Å². The third-order valence-corrected chi connectivity index (χ3v) is 26.6. The molecule has 4 aliphatic heterocycles. The second-order valence-corrected chi connectivity index (χ2v) is 37.0. The van der Waals surface area contributed by atoms with Crippen molar-refractivity contribution in [1.29, 1.82) is 0 Å². The molecule has 8 rings (SSSR count). The molecule has 1 aromatic heterocycles. The van der Waals surface area contributed by atoms with E-state index in [1.807, 2.05) is 102 Å². The third kappa shape index (κ3) is 36.2. The molecule has 15 atom stereocenters. The van der Waals surface area contributed by atoms with Crippen LogP contribution in [0.15, 0.2) is 101 Å². The molecule has 131 heavy (non-hydrogen) atoms. The largest absolute Gasteiger partial charge is 0.491 e. The van der Waals surface area contributed by atoms with E-state index in [-0.39, 0.29) is 123 Å². The summed E-state index contributed by atoms with van der Waals surface area (Å²) in [4.78, 5) is 103. The van der Waals surface area contributed by atoms with Crippen LogP contribution in [0.25, 0.3) is 11.1 Å². The van der Waals surface area contributed by atoms with E-state index in [4.69, 9.17) is 76.8 Å². The molecule has 0 radical (unpaired) electrons. The second-order valence-electron chi connectivity index (χ2n) is 34.9. The first-order valence-electron chi connectivity index (χ1n) is 47.0. The lowest BCUT2D eigenvalue weighted by molar-refractivity contribution is -0.265. The van der Waals surface area contributed by atoms with Crippen LogP contribution in [0.5, 0.6) is 5.75 Å². The van der Waals surface area contributed by atoms with Crippen LogP contribution >= 0.6 is 0 Å². The van der Waals surface area contributed by atoms with Gasteiger partial charge in [0.05, 0.1) is 116 Å². The van der Waals surface area contributed by atoms with E-state index in [2.05, 4.69) is 11.9 Å². The number of hydrogen-bond acceptors (Lipinski definition) is 28. The zero-order chi connectivity index (χ0) is 95.4. The molecule has 1 saturated carbocycles. The number of allylic oxidation sites excluding steroid dienone is 6. The van der Waals surface area contributed by atoms with Crippen LogP contribution in [0.4, 0.5) is 10.2 Å². The minimum atomic E-state index is -4.05. The zero-order valence-electron chi connectivity index (χ0n) is 79.6. The molecule has 3 fully saturated rings. The predicted molar refractivity (Wildman–Crippen MR) is 492 cm³/mol. The number of fused-ring (bicyclic) bond motifs is 4. The fourth-order valence-corrected chi connectivity index (χ4v) is 18.5. The Labute approximate surface area is 775 Å². The number of carbonyl (C=O) groups excluding carboxylic acids is 7. The summed E-state index contributed by atoms with van der Waals surface area (Å²) in [6.07, 6.45) is 16.5. The second kappa shape index (κ2) is 58.6. The molecule has 2 aromatic carbocycles. The van der Waals surface area contributed by atoms with Crippen LogP contribution < -0.4 is 10.5 Å². The number of rotatable bonds is 41. The summed E-state index contributed by atoms with van der Waals surface area (Å²) in [5.41, 5.74) is 9.69. The zero-order valence-corrected chi connectivity index (χ0v) is 80.5. The number of esters is 2. The van der Waals surface area contributed by atoms with Crippen molar-refractivity contribution in [2.45, 2.75) is 251 Å². The van der Waals surface area contributed by atoms with E-state index in [9.17, 15) is 52.2 Å². The molecule has 734 valence electrons. The normalized spacial score (nSPS) is 26.4. The number of Topliss-reactive ketones (excluding diaryl/α,β-unsaturated/α-hetero) is 3. The Hall–Kier alpha value is -7.64. The number of nitrogens with zero attached hydrogens (tertiary/aromatic N) is 3. The van der Waals surface area contributed by atoms with Gasteiger partial charge in [0.2, 0.25) is 5.79 Å². The van der Waals surface area contributed by atoms with Gasteiger partial charge in [-0.05, 0) is 207 Å². The molecule has 30 nitrogen and oxygen atoms in total. The molecular formula is C99H149FN4O26S. The Morgan fingerprint density at radius 3 is 1.97 bits per heavy atom. The highest BCUT2D eigenvalue weighted by molar-refractivity contribution is 7.91. The highest BCUT2D eigenvalue weighted by Gasteiger charge is 2.53. The van der Waals surface area contributed by atoms with Crippen molar-refractivity contribution in [1.82, 2.24) is 14.8 Å². The monoisotopic (exact) mass is 1860 g/mol. The summed E-state index contributed by atoms with van der Waals surface area (Å²) < 4.78 is 127. The molecule has 1 aliphatic carbocycles. The number of anilines is 1. The first kappa shape index (κ1) is 110. The number of nitrogen functional groups attached to an aromatic ring is 1. The van der Waals surface area contributed by atoms with E-state index >= 15 is 4.39 Å². The average molecular weight is 1860 g/mol. The standard InChI is InChI=1S/C63H103NO17.C36H46FN3O9S/c1-12-75-31-32-77-35-36-78-34-33-76-30-18-22-56(65)79-53-28-25-49(40-55(53)73-10)39-45(5)52-27-23-43(3)38-47(7)58(67)59(74-11)57(66)46(6)37-42(2)19-14-13-15-20-44(4)54(72-9)41-50-26-24-48(8)63(71,81-50)60(68)61(69)64-29-17-16-21-51(64)62(70)80-52;1-3-45-16-17-47-20-21-48-19-18-46-14-12-30(41)5-4-22-50(43,44)33-10-8-31(26(2)35(33)37)36(42)40-13-15-49-32-9-6-27(23-29(32)25-40)28-7-11-34(38)39-24-28/h13-15,19-20,38,42-43,45-46,48-55,58-59,67,71H,12,16-18,21-37,39-41H2,1-11H3;6-11,23-24H,3-5,12-22,25H2,1-2H3,(H2,38,39)/b15-13+,19-14+,44-20+,47-38+;/t42-,43+,45-,46-,48-,49+,50+,51+,52+,53-,54+,55-,58-,59+,63-;/m1./s1. The first-order valence-corrected chi connectivity index (χ1v) is 48.6. The minimum Gasteiger partial charge on any atom is -0.491 e. The molecule has 3 aromatic rings. The van der Waals surface area contributed by atoms with E-state index < -0.39 is 110 Å². The molecule has 2 bridgehead atoms. The average Bonchev–Trinajstić information content (AvgIpc) is 1.31. The number of pyridine rings is 1. The van der Waals surface area contributed by atoms with Crippen molar-refractivity contribution < 1.29 is 128 Å². The van der Waals surface area contributed by atoms with Gasteiger partial charge in [0, 0.05) is 115 Å². The van der Waals surface area contributed by atoms with E-state index in [0.29, 0.717) is 193 Å². The number of ketones is 3. The van der Waals surface area contributed by atoms with Crippen LogP contribution in [0.1, 0.15) is 199 Å². The van der Waals surface area contributed by atoms with Crippen LogP contribution in [0.2, 0.25) is 0 Å². The number of aliphatic hydroxyl groups excluding tert-OH is 1. The summed E-state index contributed by atoms with van der Waals surface area (Å²) in [7, 11) is 0.599. The molecule has 0 spiro atoms. The summed E-state index contributed by atoms with van der Waals surface area (Å²) in [6, 6.07) is 10.6.